The zero-order valence-corrected chi connectivity index (χ0v) is 17.3. The van der Waals surface area contributed by atoms with E-state index in [1.54, 1.807) is 6.92 Å². The van der Waals surface area contributed by atoms with Crippen molar-refractivity contribution >= 4 is 11.8 Å². The van der Waals surface area contributed by atoms with Gasteiger partial charge in [0.1, 0.15) is 5.54 Å². The second-order valence-electron chi connectivity index (χ2n) is 8.89. The monoisotopic (exact) mass is 389 g/mol. The van der Waals surface area contributed by atoms with Gasteiger partial charge >= 0.3 is 5.69 Å². The number of hydrogen-bond acceptors (Lipinski definition) is 5. The maximum Gasteiger partial charge on any atom is 0.345 e. The Labute approximate surface area is 165 Å². The minimum absolute atomic E-state index is 0.0204. The molecule has 0 radical (unpaired) electrons. The van der Waals surface area contributed by atoms with E-state index in [2.05, 4.69) is 34.4 Å². The molecular weight excluding hydrogens is 358 g/mol. The SMILES string of the molecule is Cc1nc(=O)[nH]c(C)c1CCC(=O)N1CCC2(CC1)NCC(C)(C)CNC2=O. The predicted octanol–water partition coefficient (Wildman–Crippen LogP) is 0.426. The molecule has 0 bridgehead atoms. The number of H-pyrrole nitrogens is 1. The van der Waals surface area contributed by atoms with Gasteiger partial charge in [0.05, 0.1) is 0 Å². The Hall–Kier alpha value is -2.22. The fourth-order valence-electron chi connectivity index (χ4n) is 4.10. The summed E-state index contributed by atoms with van der Waals surface area (Å²) in [5.41, 5.74) is 1.46. The van der Waals surface area contributed by atoms with E-state index in [4.69, 9.17) is 0 Å². The molecule has 2 amide bonds. The van der Waals surface area contributed by atoms with Crippen LogP contribution in [0.3, 0.4) is 0 Å². The first kappa shape index (κ1) is 20.5. The third kappa shape index (κ3) is 4.27. The summed E-state index contributed by atoms with van der Waals surface area (Å²) >= 11 is 0. The van der Waals surface area contributed by atoms with Gasteiger partial charge in [-0.05, 0) is 44.1 Å². The highest BCUT2D eigenvalue weighted by Gasteiger charge is 2.44. The highest BCUT2D eigenvalue weighted by Crippen LogP contribution is 2.27. The summed E-state index contributed by atoms with van der Waals surface area (Å²) < 4.78 is 0. The Morgan fingerprint density at radius 2 is 1.82 bits per heavy atom. The van der Waals surface area contributed by atoms with Crippen LogP contribution in [0.2, 0.25) is 0 Å². The number of amides is 2. The Morgan fingerprint density at radius 3 is 2.46 bits per heavy atom. The molecule has 0 aromatic carbocycles. The van der Waals surface area contributed by atoms with Gasteiger partial charge in [-0.2, -0.15) is 4.98 Å². The van der Waals surface area contributed by atoms with E-state index in [1.807, 2.05) is 11.8 Å². The first-order chi connectivity index (χ1) is 13.1. The highest BCUT2D eigenvalue weighted by atomic mass is 16.2. The van der Waals surface area contributed by atoms with Crippen LogP contribution in [0, 0.1) is 19.3 Å². The molecule has 0 saturated carbocycles. The van der Waals surface area contributed by atoms with Crippen LogP contribution in [0.4, 0.5) is 0 Å². The molecule has 0 aliphatic carbocycles. The molecule has 2 aliphatic rings. The van der Waals surface area contributed by atoms with Crippen LogP contribution >= 0.6 is 0 Å². The summed E-state index contributed by atoms with van der Waals surface area (Å²) in [5, 5.41) is 6.54. The summed E-state index contributed by atoms with van der Waals surface area (Å²) in [7, 11) is 0. The molecule has 3 rings (SSSR count). The van der Waals surface area contributed by atoms with Crippen LogP contribution in [-0.2, 0) is 16.0 Å². The Balaban J connectivity index is 1.58. The number of carbonyl (C=O) groups is 2. The molecule has 0 atom stereocenters. The van der Waals surface area contributed by atoms with Gasteiger partial charge in [0, 0.05) is 44.0 Å². The van der Waals surface area contributed by atoms with Crippen LogP contribution in [0.5, 0.6) is 0 Å². The van der Waals surface area contributed by atoms with E-state index in [0.29, 0.717) is 51.0 Å². The quantitative estimate of drug-likeness (QED) is 0.695. The Bertz CT molecular complexity index is 795. The zero-order chi connectivity index (χ0) is 20.5. The van der Waals surface area contributed by atoms with Crippen molar-refractivity contribution < 1.29 is 9.59 Å². The summed E-state index contributed by atoms with van der Waals surface area (Å²) in [5.74, 6) is 0.130. The van der Waals surface area contributed by atoms with Crippen LogP contribution in [0.15, 0.2) is 4.79 Å². The largest absolute Gasteiger partial charge is 0.354 e. The first-order valence-electron chi connectivity index (χ1n) is 9.99. The predicted molar refractivity (Wildman–Crippen MR) is 106 cm³/mol. The van der Waals surface area contributed by atoms with Crippen LogP contribution in [0.1, 0.15) is 50.1 Å². The van der Waals surface area contributed by atoms with Crippen molar-refractivity contribution in [3.8, 4) is 0 Å². The van der Waals surface area contributed by atoms with Gasteiger partial charge in [0.25, 0.3) is 0 Å². The summed E-state index contributed by atoms with van der Waals surface area (Å²) in [6.07, 6.45) is 2.17. The standard InChI is InChI=1S/C20H31N5O3/c1-13-15(14(2)24-18(28)23-13)5-6-16(26)25-9-7-20(8-10-25)17(27)21-11-19(3,4)12-22-20/h22H,5-12H2,1-4H3,(H,21,27)(H,23,24,28). The molecule has 1 spiro atoms. The number of likely N-dealkylation sites (tertiary alicyclic amines) is 1. The molecule has 2 aliphatic heterocycles. The molecule has 3 N–H and O–H groups in total. The number of aryl methyl sites for hydroxylation is 2. The fourth-order valence-corrected chi connectivity index (χ4v) is 4.10. The van der Waals surface area contributed by atoms with Crippen LogP contribution in [-0.4, -0.2) is 58.4 Å². The number of piperidine rings is 1. The highest BCUT2D eigenvalue weighted by molar-refractivity contribution is 5.87. The van der Waals surface area contributed by atoms with E-state index in [9.17, 15) is 14.4 Å². The molecule has 154 valence electrons. The van der Waals surface area contributed by atoms with E-state index in [1.165, 1.54) is 0 Å². The lowest BCUT2D eigenvalue weighted by Crippen LogP contribution is -2.61. The van der Waals surface area contributed by atoms with E-state index in [0.717, 1.165) is 17.8 Å². The number of hydrogen-bond donors (Lipinski definition) is 3. The lowest BCUT2D eigenvalue weighted by atomic mass is 9.86. The van der Waals surface area contributed by atoms with Crippen molar-refractivity contribution in [3.05, 3.63) is 27.4 Å². The summed E-state index contributed by atoms with van der Waals surface area (Å²) in [6, 6.07) is 0. The molecule has 8 heteroatoms. The molecule has 2 saturated heterocycles. The van der Waals surface area contributed by atoms with Crippen LogP contribution in [0.25, 0.3) is 0 Å². The first-order valence-corrected chi connectivity index (χ1v) is 9.99. The van der Waals surface area contributed by atoms with Gasteiger partial charge in [0.2, 0.25) is 11.8 Å². The van der Waals surface area contributed by atoms with Crippen molar-refractivity contribution in [1.29, 1.82) is 0 Å². The number of carbonyl (C=O) groups excluding carboxylic acids is 2. The van der Waals surface area contributed by atoms with Crippen molar-refractivity contribution in [3.63, 3.8) is 0 Å². The van der Waals surface area contributed by atoms with Crippen molar-refractivity contribution in [1.82, 2.24) is 25.5 Å². The second kappa shape index (κ2) is 7.66. The number of aromatic amines is 1. The number of rotatable bonds is 3. The van der Waals surface area contributed by atoms with Crippen molar-refractivity contribution in [2.24, 2.45) is 5.41 Å². The van der Waals surface area contributed by atoms with Crippen molar-refractivity contribution in [2.75, 3.05) is 26.2 Å². The Kier molecular flexibility index (Phi) is 5.61. The third-order valence-corrected chi connectivity index (χ3v) is 6.08. The van der Waals surface area contributed by atoms with Crippen LogP contribution < -0.4 is 16.3 Å². The molecule has 2 fully saturated rings. The van der Waals surface area contributed by atoms with Gasteiger partial charge in [-0.15, -0.1) is 0 Å². The average molecular weight is 390 g/mol. The third-order valence-electron chi connectivity index (χ3n) is 6.08. The molecule has 1 aromatic heterocycles. The minimum Gasteiger partial charge on any atom is -0.354 e. The molecule has 1 aromatic rings. The second-order valence-corrected chi connectivity index (χ2v) is 8.89. The topological polar surface area (TPSA) is 107 Å². The normalized spacial score (nSPS) is 21.3. The average Bonchev–Trinajstić information content (AvgIpc) is 2.73. The maximum absolute atomic E-state index is 12.7. The minimum atomic E-state index is -0.569. The van der Waals surface area contributed by atoms with E-state index >= 15 is 0 Å². The Morgan fingerprint density at radius 1 is 1.14 bits per heavy atom. The van der Waals surface area contributed by atoms with Gasteiger partial charge in [-0.1, -0.05) is 13.8 Å². The van der Waals surface area contributed by atoms with Gasteiger partial charge < -0.3 is 20.5 Å². The van der Waals surface area contributed by atoms with Gasteiger partial charge in [0.15, 0.2) is 0 Å². The smallest absolute Gasteiger partial charge is 0.345 e. The summed E-state index contributed by atoms with van der Waals surface area (Å²) in [6.45, 7) is 10.5. The number of aromatic nitrogens is 2. The maximum atomic E-state index is 12.7. The number of nitrogens with zero attached hydrogens (tertiary/aromatic N) is 2. The van der Waals surface area contributed by atoms with Gasteiger partial charge in [-0.3, -0.25) is 9.59 Å². The molecule has 0 unspecified atom stereocenters. The van der Waals surface area contributed by atoms with Crippen molar-refractivity contribution in [2.45, 2.75) is 58.9 Å². The molecule has 8 nitrogen and oxygen atoms in total. The molecule has 3 heterocycles. The van der Waals surface area contributed by atoms with Gasteiger partial charge in [-0.25, -0.2) is 4.79 Å². The molecular formula is C20H31N5O3. The summed E-state index contributed by atoms with van der Waals surface area (Å²) in [4.78, 5) is 45.2. The lowest BCUT2D eigenvalue weighted by molar-refractivity contribution is -0.137. The molecule has 28 heavy (non-hydrogen) atoms. The zero-order valence-electron chi connectivity index (χ0n) is 17.3. The fraction of sp³-hybridized carbons (Fsp3) is 0.700. The van der Waals surface area contributed by atoms with E-state index in [-0.39, 0.29) is 22.9 Å². The lowest BCUT2D eigenvalue weighted by Gasteiger charge is -2.40. The number of nitrogens with one attached hydrogen (secondary N) is 3. The van der Waals surface area contributed by atoms with E-state index < -0.39 is 5.54 Å².